The van der Waals surface area contributed by atoms with Gasteiger partial charge in [-0.1, -0.05) is 83.5 Å². The number of aryl methyl sites for hydroxylation is 1. The highest BCUT2D eigenvalue weighted by atomic mass is 35.5. The number of amides is 2. The summed E-state index contributed by atoms with van der Waals surface area (Å²) >= 11 is 7.26. The van der Waals surface area contributed by atoms with Crippen molar-refractivity contribution in [2.45, 2.75) is 25.0 Å². The second kappa shape index (κ2) is 11.3. The molecule has 1 unspecified atom stereocenters. The Morgan fingerprint density at radius 3 is 2.37 bits per heavy atom. The van der Waals surface area contributed by atoms with Crippen molar-refractivity contribution in [1.82, 2.24) is 5.32 Å². The molecule has 35 heavy (non-hydrogen) atoms. The fourth-order valence-electron chi connectivity index (χ4n) is 3.80. The molecule has 1 saturated heterocycles. The van der Waals surface area contributed by atoms with Gasteiger partial charge in [0.1, 0.15) is 16.7 Å². The van der Waals surface area contributed by atoms with Crippen molar-refractivity contribution in [3.8, 4) is 6.07 Å². The summed E-state index contributed by atoms with van der Waals surface area (Å²) in [6.45, 7) is 2.35. The standard InChI is InChI=1S/C28H24ClN3O2S/c1-19-7-13-23(14-8-19)32-27(34)25(17-21-9-11-22(29)12-10-21)35-28(32)24(18-30)26(33)31-16-15-20-5-3-2-4-6-20/h2-14,25H,15-17H2,1H3,(H,31,33). The molecule has 1 aliphatic heterocycles. The summed E-state index contributed by atoms with van der Waals surface area (Å²) in [6, 6.07) is 26.7. The summed E-state index contributed by atoms with van der Waals surface area (Å²) in [4.78, 5) is 28.1. The number of anilines is 1. The monoisotopic (exact) mass is 501 g/mol. The molecule has 0 bridgehead atoms. The van der Waals surface area contributed by atoms with Crippen LogP contribution in [-0.2, 0) is 22.4 Å². The lowest BCUT2D eigenvalue weighted by molar-refractivity contribution is -0.117. The molecule has 3 aromatic carbocycles. The normalized spacial score (nSPS) is 16.7. The van der Waals surface area contributed by atoms with Crippen LogP contribution in [0.2, 0.25) is 5.02 Å². The van der Waals surface area contributed by atoms with Crippen LogP contribution < -0.4 is 10.2 Å². The lowest BCUT2D eigenvalue weighted by atomic mass is 10.1. The maximum atomic E-state index is 13.5. The number of hydrogen-bond donors (Lipinski definition) is 1. The number of carbonyl (C=O) groups excluding carboxylic acids is 2. The third kappa shape index (κ3) is 5.94. The SMILES string of the molecule is Cc1ccc(N2C(=O)C(Cc3ccc(Cl)cc3)SC2=C(C#N)C(=O)NCCc2ccccc2)cc1. The van der Waals surface area contributed by atoms with Gasteiger partial charge in [-0.3, -0.25) is 14.5 Å². The number of rotatable bonds is 7. The van der Waals surface area contributed by atoms with E-state index in [9.17, 15) is 14.9 Å². The second-order valence-electron chi connectivity index (χ2n) is 8.23. The van der Waals surface area contributed by atoms with E-state index in [1.54, 1.807) is 12.1 Å². The number of nitrogens with zero attached hydrogens (tertiary/aromatic N) is 2. The number of benzene rings is 3. The molecular formula is C28H24ClN3O2S. The largest absolute Gasteiger partial charge is 0.351 e. The minimum Gasteiger partial charge on any atom is -0.351 e. The predicted octanol–water partition coefficient (Wildman–Crippen LogP) is 5.43. The van der Waals surface area contributed by atoms with Crippen LogP contribution in [0.1, 0.15) is 16.7 Å². The molecule has 1 atom stereocenters. The molecule has 0 saturated carbocycles. The van der Waals surface area contributed by atoms with Crippen molar-refractivity contribution in [3.63, 3.8) is 0 Å². The summed E-state index contributed by atoms with van der Waals surface area (Å²) < 4.78 is 0. The summed E-state index contributed by atoms with van der Waals surface area (Å²) in [7, 11) is 0. The Bertz CT molecular complexity index is 1280. The Balaban J connectivity index is 1.61. The molecule has 1 heterocycles. The summed E-state index contributed by atoms with van der Waals surface area (Å²) in [5.41, 5.74) is 3.67. The van der Waals surface area contributed by atoms with Crippen LogP contribution in [0, 0.1) is 18.3 Å². The number of halogens is 1. The number of carbonyl (C=O) groups is 2. The first-order chi connectivity index (χ1) is 17.0. The van der Waals surface area contributed by atoms with Gasteiger partial charge < -0.3 is 5.32 Å². The molecule has 0 spiro atoms. The van der Waals surface area contributed by atoms with Crippen LogP contribution >= 0.6 is 23.4 Å². The van der Waals surface area contributed by atoms with Gasteiger partial charge in [0.15, 0.2) is 0 Å². The van der Waals surface area contributed by atoms with Crippen molar-refractivity contribution in [3.05, 3.63) is 111 Å². The number of hydrogen-bond acceptors (Lipinski definition) is 4. The molecule has 2 amide bonds. The van der Waals surface area contributed by atoms with Crippen LogP contribution in [-0.4, -0.2) is 23.6 Å². The van der Waals surface area contributed by atoms with Gasteiger partial charge in [0.25, 0.3) is 5.91 Å². The van der Waals surface area contributed by atoms with Gasteiger partial charge in [0.05, 0.1) is 5.25 Å². The van der Waals surface area contributed by atoms with E-state index in [2.05, 4.69) is 11.4 Å². The zero-order valence-electron chi connectivity index (χ0n) is 19.2. The topological polar surface area (TPSA) is 73.2 Å². The highest BCUT2D eigenvalue weighted by Gasteiger charge is 2.40. The van der Waals surface area contributed by atoms with Crippen LogP contribution in [0.5, 0.6) is 0 Å². The third-order valence-electron chi connectivity index (χ3n) is 5.67. The lowest BCUT2D eigenvalue weighted by Crippen LogP contribution is -2.32. The quantitative estimate of drug-likeness (QED) is 0.346. The minimum absolute atomic E-state index is 0.0596. The average molecular weight is 502 g/mol. The van der Waals surface area contributed by atoms with Crippen LogP contribution in [0.25, 0.3) is 0 Å². The van der Waals surface area contributed by atoms with Gasteiger partial charge >= 0.3 is 0 Å². The second-order valence-corrected chi connectivity index (χ2v) is 9.86. The minimum atomic E-state index is -0.483. The molecular weight excluding hydrogens is 478 g/mol. The van der Waals surface area contributed by atoms with E-state index in [1.807, 2.05) is 73.7 Å². The van der Waals surface area contributed by atoms with E-state index >= 15 is 0 Å². The van der Waals surface area contributed by atoms with Crippen LogP contribution in [0.15, 0.2) is 89.5 Å². The Hall–Kier alpha value is -3.53. The van der Waals surface area contributed by atoms with Crippen molar-refractivity contribution in [1.29, 1.82) is 5.26 Å². The first-order valence-electron chi connectivity index (χ1n) is 11.2. The molecule has 3 aromatic rings. The maximum absolute atomic E-state index is 13.5. The summed E-state index contributed by atoms with van der Waals surface area (Å²) in [5, 5.41) is 13.3. The molecule has 0 radical (unpaired) electrons. The van der Waals surface area contributed by atoms with E-state index in [-0.39, 0.29) is 11.5 Å². The highest BCUT2D eigenvalue weighted by molar-refractivity contribution is 8.05. The Morgan fingerprint density at radius 2 is 1.71 bits per heavy atom. The lowest BCUT2D eigenvalue weighted by Gasteiger charge is -2.19. The highest BCUT2D eigenvalue weighted by Crippen LogP contribution is 2.42. The third-order valence-corrected chi connectivity index (χ3v) is 7.19. The molecule has 7 heteroatoms. The zero-order chi connectivity index (χ0) is 24.8. The van der Waals surface area contributed by atoms with Crippen LogP contribution in [0.4, 0.5) is 5.69 Å². The molecule has 1 aliphatic rings. The summed E-state index contributed by atoms with van der Waals surface area (Å²) in [6.07, 6.45) is 1.11. The molecule has 1 N–H and O–H groups in total. The number of thioether (sulfide) groups is 1. The van der Waals surface area contributed by atoms with E-state index < -0.39 is 11.2 Å². The molecule has 5 nitrogen and oxygen atoms in total. The Kier molecular flexibility index (Phi) is 7.91. The Labute approximate surface area is 214 Å². The molecule has 176 valence electrons. The maximum Gasteiger partial charge on any atom is 0.264 e. The van der Waals surface area contributed by atoms with Gasteiger partial charge in [0.2, 0.25) is 5.91 Å². The molecule has 0 aromatic heterocycles. The number of nitriles is 1. The van der Waals surface area contributed by atoms with Gasteiger partial charge in [0, 0.05) is 17.3 Å². The van der Waals surface area contributed by atoms with Gasteiger partial charge in [-0.2, -0.15) is 5.26 Å². The fourth-order valence-corrected chi connectivity index (χ4v) is 5.24. The smallest absolute Gasteiger partial charge is 0.264 e. The Morgan fingerprint density at radius 1 is 1.03 bits per heavy atom. The van der Waals surface area contributed by atoms with E-state index in [0.717, 1.165) is 16.7 Å². The average Bonchev–Trinajstić information content (AvgIpc) is 3.17. The van der Waals surface area contributed by atoms with E-state index in [1.165, 1.54) is 16.7 Å². The molecule has 4 rings (SSSR count). The molecule has 1 fully saturated rings. The van der Waals surface area contributed by atoms with Gasteiger partial charge in [-0.25, -0.2) is 0 Å². The van der Waals surface area contributed by atoms with Crippen molar-refractivity contribution >= 4 is 40.9 Å². The van der Waals surface area contributed by atoms with Gasteiger partial charge in [-0.15, -0.1) is 0 Å². The van der Waals surface area contributed by atoms with Crippen LogP contribution in [0.3, 0.4) is 0 Å². The fraction of sp³-hybridized carbons (Fsp3) is 0.179. The van der Waals surface area contributed by atoms with Crippen molar-refractivity contribution in [2.75, 3.05) is 11.4 Å². The first-order valence-corrected chi connectivity index (χ1v) is 12.5. The van der Waals surface area contributed by atoms with E-state index in [0.29, 0.717) is 35.1 Å². The van der Waals surface area contributed by atoms with E-state index in [4.69, 9.17) is 11.6 Å². The van der Waals surface area contributed by atoms with Crippen molar-refractivity contribution < 1.29 is 9.59 Å². The predicted molar refractivity (Wildman–Crippen MR) is 141 cm³/mol. The molecule has 0 aliphatic carbocycles. The van der Waals surface area contributed by atoms with Crippen molar-refractivity contribution in [2.24, 2.45) is 0 Å². The summed E-state index contributed by atoms with van der Waals surface area (Å²) in [5.74, 6) is -0.642. The zero-order valence-corrected chi connectivity index (χ0v) is 20.8. The van der Waals surface area contributed by atoms with Gasteiger partial charge in [-0.05, 0) is 55.2 Å². The first kappa shape index (κ1) is 24.6. The number of nitrogens with one attached hydrogen (secondary N) is 1.